The van der Waals surface area contributed by atoms with Gasteiger partial charge in [-0.15, -0.1) is 22.7 Å². The molecule has 174 valence electrons. The average molecular weight is 494 g/mol. The molecule has 2 aromatic rings. The molecule has 13 heteroatoms. The van der Waals surface area contributed by atoms with Crippen molar-refractivity contribution in [2.24, 2.45) is 0 Å². The van der Waals surface area contributed by atoms with E-state index in [-0.39, 0.29) is 13.2 Å². The fraction of sp³-hybridized carbons (Fsp3) is 0.350. The third kappa shape index (κ3) is 6.77. The fourth-order valence-corrected chi connectivity index (χ4v) is 4.68. The second kappa shape index (κ2) is 11.8. The van der Waals surface area contributed by atoms with E-state index in [0.29, 0.717) is 11.5 Å². The molecule has 1 aliphatic heterocycles. The van der Waals surface area contributed by atoms with Crippen LogP contribution in [0, 0.1) is 12.3 Å². The number of terminal acetylenes is 1. The molecule has 33 heavy (non-hydrogen) atoms. The zero-order valence-corrected chi connectivity index (χ0v) is 19.2. The van der Waals surface area contributed by atoms with Crippen molar-refractivity contribution in [3.05, 3.63) is 63.4 Å². The summed E-state index contributed by atoms with van der Waals surface area (Å²) in [7, 11) is -2.65. The number of para-hydroxylation sites is 1. The number of rotatable bonds is 10. The number of carbonyl (C=O) groups excluding carboxylic acids is 1. The summed E-state index contributed by atoms with van der Waals surface area (Å²) in [5, 5.41) is 0. The minimum Gasteiger partial charge on any atom is -0.451 e. The highest BCUT2D eigenvalue weighted by atomic mass is 32.2. The van der Waals surface area contributed by atoms with Crippen molar-refractivity contribution in [2.45, 2.75) is 24.6 Å². The molecule has 4 atom stereocenters. The zero-order chi connectivity index (χ0) is 23.8. The predicted octanol–water partition coefficient (Wildman–Crippen LogP) is 1.66. The Hall–Kier alpha value is -2.94. The predicted molar refractivity (Wildman–Crippen MR) is 119 cm³/mol. The highest BCUT2D eigenvalue weighted by molar-refractivity contribution is 8.00. The molecule has 1 saturated heterocycles. The Labute approximate surface area is 193 Å². The van der Waals surface area contributed by atoms with E-state index in [2.05, 4.69) is 10.9 Å². The summed E-state index contributed by atoms with van der Waals surface area (Å²) in [5.41, 5.74) is -1.65. The molecular formula is C20H21N3O8PS+. The standard InChI is InChI=1S/C20H20N3O8PS/c1-3-11-28-19(25)14(2)23(31-15-7-5-4-6-8-15)32(27)29-12-18-30-17(13-33-18)22-10-9-16(24)21-20(22)26/h1,4-10,14,17-18H,11-13H2,2H3/p+1/t14?,17-,18+/m0/s1. The van der Waals surface area contributed by atoms with Crippen LogP contribution in [0.2, 0.25) is 0 Å². The zero-order valence-electron chi connectivity index (χ0n) is 17.5. The molecule has 0 radical (unpaired) electrons. The van der Waals surface area contributed by atoms with Crippen LogP contribution in [0.1, 0.15) is 13.2 Å². The molecule has 0 saturated carbocycles. The maximum atomic E-state index is 12.9. The molecule has 1 aromatic heterocycles. The van der Waals surface area contributed by atoms with Gasteiger partial charge in [-0.2, -0.15) is 0 Å². The van der Waals surface area contributed by atoms with E-state index in [1.807, 2.05) is 0 Å². The summed E-state index contributed by atoms with van der Waals surface area (Å²) in [5.74, 6) is 2.20. The number of nitrogens with one attached hydrogen (secondary N) is 1. The van der Waals surface area contributed by atoms with E-state index in [1.54, 1.807) is 30.3 Å². The molecule has 11 nitrogen and oxygen atoms in total. The van der Waals surface area contributed by atoms with Gasteiger partial charge in [-0.3, -0.25) is 19.1 Å². The SMILES string of the molecule is C#CCOC(=O)C(C)N(Oc1ccccc1)[P+](=O)OC[C@@H]1O[C@H](n2ccc(=O)[nH]c2=O)CS1. The Morgan fingerprint density at radius 2 is 2.15 bits per heavy atom. The van der Waals surface area contributed by atoms with Crippen molar-refractivity contribution in [3.8, 4) is 18.1 Å². The summed E-state index contributed by atoms with van der Waals surface area (Å²) in [6.07, 6.45) is 5.83. The molecule has 1 fully saturated rings. The topological polar surface area (TPSA) is 129 Å². The van der Waals surface area contributed by atoms with Gasteiger partial charge in [0.2, 0.25) is 0 Å². The summed E-state index contributed by atoms with van der Waals surface area (Å²) in [6, 6.07) is 8.57. The molecule has 2 heterocycles. The van der Waals surface area contributed by atoms with Crippen LogP contribution in [0.4, 0.5) is 0 Å². The second-order valence-electron chi connectivity index (χ2n) is 6.60. The minimum absolute atomic E-state index is 0.116. The number of thioether (sulfide) groups is 1. The average Bonchev–Trinajstić information content (AvgIpc) is 3.28. The monoisotopic (exact) mass is 494 g/mol. The van der Waals surface area contributed by atoms with E-state index in [1.165, 1.54) is 35.5 Å². The van der Waals surface area contributed by atoms with E-state index in [4.69, 9.17) is 25.3 Å². The molecule has 3 rings (SSSR count). The first kappa shape index (κ1) is 24.7. The number of esters is 1. The van der Waals surface area contributed by atoms with Crippen LogP contribution in [-0.2, 0) is 23.4 Å². The van der Waals surface area contributed by atoms with Gasteiger partial charge in [-0.05, 0) is 23.6 Å². The maximum absolute atomic E-state index is 12.9. The lowest BCUT2D eigenvalue weighted by Gasteiger charge is -2.17. The van der Waals surface area contributed by atoms with Gasteiger partial charge in [-0.25, -0.2) is 4.79 Å². The van der Waals surface area contributed by atoms with Crippen LogP contribution < -0.4 is 16.1 Å². The molecule has 2 unspecified atom stereocenters. The number of benzene rings is 1. The number of aromatic amines is 1. The molecule has 1 aromatic carbocycles. The number of hydroxylamine groups is 1. The number of aromatic nitrogens is 2. The Balaban J connectivity index is 1.62. The summed E-state index contributed by atoms with van der Waals surface area (Å²) >= 11 is 1.34. The van der Waals surface area contributed by atoms with Crippen molar-refractivity contribution < 1.29 is 28.2 Å². The third-order valence-corrected chi connectivity index (χ3v) is 6.51. The second-order valence-corrected chi connectivity index (χ2v) is 8.92. The van der Waals surface area contributed by atoms with E-state index >= 15 is 0 Å². The largest absolute Gasteiger partial charge is 0.653 e. The lowest BCUT2D eigenvalue weighted by molar-refractivity contribution is -0.153. The summed E-state index contributed by atoms with van der Waals surface area (Å²) < 4.78 is 30.2. The Kier molecular flexibility index (Phi) is 8.82. The normalized spacial score (nSPS) is 19.0. The molecule has 0 amide bonds. The number of carbonyl (C=O) groups is 1. The number of hydrogen-bond acceptors (Lipinski definition) is 9. The quantitative estimate of drug-likeness (QED) is 0.225. The molecule has 0 spiro atoms. The lowest BCUT2D eigenvalue weighted by Crippen LogP contribution is -2.38. The van der Waals surface area contributed by atoms with Gasteiger partial charge >= 0.3 is 19.8 Å². The van der Waals surface area contributed by atoms with E-state index < -0.39 is 43.1 Å². The molecule has 1 aliphatic rings. The van der Waals surface area contributed by atoms with Gasteiger partial charge in [0.1, 0.15) is 23.1 Å². The van der Waals surface area contributed by atoms with Gasteiger partial charge in [0.15, 0.2) is 18.4 Å². The first-order valence-electron chi connectivity index (χ1n) is 9.70. The minimum atomic E-state index is -2.65. The Morgan fingerprint density at radius 3 is 2.85 bits per heavy atom. The molecule has 0 bridgehead atoms. The highest BCUT2D eigenvalue weighted by Crippen LogP contribution is 2.37. The van der Waals surface area contributed by atoms with Crippen LogP contribution >= 0.6 is 19.9 Å². The Bertz CT molecular complexity index is 1130. The number of nitrogens with zero attached hydrogens (tertiary/aromatic N) is 2. The Morgan fingerprint density at radius 1 is 1.39 bits per heavy atom. The third-order valence-electron chi connectivity index (χ3n) is 4.29. The van der Waals surface area contributed by atoms with Crippen LogP contribution in [0.15, 0.2) is 52.2 Å². The van der Waals surface area contributed by atoms with Crippen molar-refractivity contribution in [3.63, 3.8) is 0 Å². The van der Waals surface area contributed by atoms with Crippen LogP contribution in [-0.4, -0.2) is 50.8 Å². The van der Waals surface area contributed by atoms with Gasteiger partial charge in [0.25, 0.3) is 5.56 Å². The van der Waals surface area contributed by atoms with Gasteiger partial charge < -0.3 is 14.3 Å². The fourth-order valence-electron chi connectivity index (χ4n) is 2.68. The van der Waals surface area contributed by atoms with E-state index in [9.17, 15) is 18.9 Å². The smallest absolute Gasteiger partial charge is 0.451 e. The summed E-state index contributed by atoms with van der Waals surface area (Å²) in [6.45, 7) is 1.09. The first-order valence-corrected chi connectivity index (χ1v) is 11.9. The van der Waals surface area contributed by atoms with Crippen molar-refractivity contribution in [2.75, 3.05) is 19.0 Å². The number of H-pyrrole nitrogens is 1. The molecular weight excluding hydrogens is 473 g/mol. The maximum Gasteiger partial charge on any atom is 0.653 e. The number of ether oxygens (including phenoxy) is 2. The van der Waals surface area contributed by atoms with Gasteiger partial charge in [0.05, 0.1) is 0 Å². The van der Waals surface area contributed by atoms with Gasteiger partial charge in [-0.1, -0.05) is 24.1 Å². The van der Waals surface area contributed by atoms with Crippen molar-refractivity contribution in [1.29, 1.82) is 0 Å². The molecule has 0 aliphatic carbocycles. The van der Waals surface area contributed by atoms with Gasteiger partial charge in [0, 0.05) is 18.0 Å². The van der Waals surface area contributed by atoms with Crippen molar-refractivity contribution >= 4 is 25.9 Å². The van der Waals surface area contributed by atoms with E-state index in [0.717, 1.165) is 4.83 Å². The van der Waals surface area contributed by atoms with Crippen LogP contribution in [0.5, 0.6) is 5.75 Å². The number of hydrogen-bond donors (Lipinski definition) is 1. The van der Waals surface area contributed by atoms with Crippen molar-refractivity contribution in [1.82, 2.24) is 14.4 Å². The highest BCUT2D eigenvalue weighted by Gasteiger charge is 2.44. The molecule has 1 N–H and O–H groups in total. The lowest BCUT2D eigenvalue weighted by atomic mass is 10.3. The van der Waals surface area contributed by atoms with Crippen LogP contribution in [0.3, 0.4) is 0 Å². The first-order chi connectivity index (χ1) is 15.9. The summed E-state index contributed by atoms with van der Waals surface area (Å²) in [4.78, 5) is 44.1. The van der Waals surface area contributed by atoms with Crippen LogP contribution in [0.25, 0.3) is 0 Å².